The molecule has 0 spiro atoms. The van der Waals surface area contributed by atoms with Crippen molar-refractivity contribution in [1.29, 1.82) is 0 Å². The number of hydrogen-bond acceptors (Lipinski definition) is 3. The number of benzene rings is 7. The van der Waals surface area contributed by atoms with Gasteiger partial charge in [-0.25, -0.2) is 0 Å². The zero-order valence-electron chi connectivity index (χ0n) is 38.7. The Morgan fingerprint density at radius 3 is 1.55 bits per heavy atom. The van der Waals surface area contributed by atoms with E-state index in [0.717, 1.165) is 27.6 Å². The van der Waals surface area contributed by atoms with Gasteiger partial charge in [0.2, 0.25) is 0 Å². The zero-order chi connectivity index (χ0) is 43.7. The fourth-order valence-corrected chi connectivity index (χ4v) is 10.1. The van der Waals surface area contributed by atoms with Crippen LogP contribution < -0.4 is 26.2 Å². The molecule has 0 saturated carbocycles. The molecule has 0 amide bonds. The van der Waals surface area contributed by atoms with E-state index in [-0.39, 0.29) is 28.4 Å². The van der Waals surface area contributed by atoms with Crippen molar-refractivity contribution in [1.82, 2.24) is 0 Å². The maximum Gasteiger partial charge on any atom is 0.252 e. The molecule has 0 N–H and O–H groups in total. The van der Waals surface area contributed by atoms with Crippen LogP contribution in [0, 0.1) is 0 Å². The number of hydrogen-bond donors (Lipinski definition) is 0. The Balaban J connectivity index is 1.22. The maximum absolute atomic E-state index is 6.19. The van der Waals surface area contributed by atoms with Crippen molar-refractivity contribution in [2.75, 3.05) is 9.80 Å². The first-order valence-corrected chi connectivity index (χ1v) is 22.5. The van der Waals surface area contributed by atoms with Gasteiger partial charge in [0.25, 0.3) is 6.71 Å². The highest BCUT2D eigenvalue weighted by Crippen LogP contribution is 2.47. The van der Waals surface area contributed by atoms with Gasteiger partial charge in [-0.15, -0.1) is 0 Å². The van der Waals surface area contributed by atoms with E-state index in [0.29, 0.717) is 0 Å². The smallest absolute Gasteiger partial charge is 0.252 e. The van der Waals surface area contributed by atoms with Gasteiger partial charge >= 0.3 is 0 Å². The van der Waals surface area contributed by atoms with Crippen LogP contribution in [0.3, 0.4) is 0 Å². The Kier molecular flexibility index (Phi) is 8.89. The molecule has 2 aliphatic rings. The van der Waals surface area contributed by atoms with Crippen molar-refractivity contribution in [2.24, 2.45) is 0 Å². The molecule has 2 aliphatic heterocycles. The summed E-state index contributed by atoms with van der Waals surface area (Å²) < 4.78 is 6.19. The molecule has 3 heterocycles. The number of para-hydroxylation sites is 1. The largest absolute Gasteiger partial charge is 0.456 e. The summed E-state index contributed by atoms with van der Waals surface area (Å²) >= 11 is 0. The van der Waals surface area contributed by atoms with E-state index in [1.54, 1.807) is 0 Å². The number of anilines is 6. The molecule has 0 fully saturated rings. The summed E-state index contributed by atoms with van der Waals surface area (Å²) in [5.41, 5.74) is 21.0. The van der Waals surface area contributed by atoms with E-state index in [4.69, 9.17) is 4.42 Å². The fraction of sp³-hybridized carbons (Fsp3) is 0.276. The van der Waals surface area contributed by atoms with Crippen molar-refractivity contribution < 1.29 is 4.42 Å². The highest BCUT2D eigenvalue weighted by molar-refractivity contribution is 7.00. The van der Waals surface area contributed by atoms with Gasteiger partial charge in [0, 0.05) is 44.9 Å². The summed E-state index contributed by atoms with van der Waals surface area (Å²) in [6.45, 7) is 28.2. The summed E-state index contributed by atoms with van der Waals surface area (Å²) in [7, 11) is 0. The first kappa shape index (κ1) is 40.1. The first-order chi connectivity index (χ1) is 29.3. The van der Waals surface area contributed by atoms with Crippen LogP contribution >= 0.6 is 0 Å². The van der Waals surface area contributed by atoms with Gasteiger partial charge in [-0.05, 0) is 138 Å². The van der Waals surface area contributed by atoms with Gasteiger partial charge in [-0.1, -0.05) is 156 Å². The van der Waals surface area contributed by atoms with E-state index in [2.05, 4.69) is 220 Å². The second kappa shape index (κ2) is 13.8. The number of fused-ring (bicyclic) bond motifs is 7. The number of furan rings is 1. The third kappa shape index (κ3) is 6.48. The standard InChI is InChI=1S/C58H59BN2O/c1-55(2,3)38-23-28-41(29-24-38)60-48-30-25-39(56(4,5)6)33-46(48)59-47-34-44(57(7,8)9)45(58(10,11)12)35-51(47)61(50-18-15-17-49(60)54(50)59)40-26-20-36(21-27-40)37-22-31-53-43(32-37)42-16-13-14-19-52(42)62-53/h13-35H,1-12H3. The molecular formula is C58H59BN2O. The lowest BCUT2D eigenvalue weighted by Gasteiger charge is -2.45. The Labute approximate surface area is 369 Å². The van der Waals surface area contributed by atoms with Gasteiger partial charge < -0.3 is 14.2 Å². The van der Waals surface area contributed by atoms with Crippen LogP contribution in [-0.4, -0.2) is 6.71 Å². The highest BCUT2D eigenvalue weighted by atomic mass is 16.3. The molecule has 10 rings (SSSR count). The molecule has 0 atom stereocenters. The molecule has 7 aromatic carbocycles. The lowest BCUT2D eigenvalue weighted by Crippen LogP contribution is -2.61. The second-order valence-electron chi connectivity index (χ2n) is 21.9. The van der Waals surface area contributed by atoms with Crippen LogP contribution in [0.5, 0.6) is 0 Å². The van der Waals surface area contributed by atoms with Gasteiger partial charge in [0.1, 0.15) is 11.2 Å². The lowest BCUT2D eigenvalue weighted by molar-refractivity contribution is 0.531. The Morgan fingerprint density at radius 2 is 0.919 bits per heavy atom. The van der Waals surface area contributed by atoms with Crippen LogP contribution in [0.2, 0.25) is 0 Å². The molecule has 0 radical (unpaired) electrons. The quantitative estimate of drug-likeness (QED) is 0.166. The molecule has 1 aromatic heterocycles. The molecule has 4 heteroatoms. The molecular weight excluding hydrogens is 751 g/mol. The van der Waals surface area contributed by atoms with Crippen molar-refractivity contribution in [3.63, 3.8) is 0 Å². The van der Waals surface area contributed by atoms with Gasteiger partial charge in [0.05, 0.1) is 0 Å². The third-order valence-corrected chi connectivity index (χ3v) is 13.4. The van der Waals surface area contributed by atoms with Crippen LogP contribution in [0.4, 0.5) is 34.1 Å². The Morgan fingerprint density at radius 1 is 0.387 bits per heavy atom. The maximum atomic E-state index is 6.19. The highest BCUT2D eigenvalue weighted by Gasteiger charge is 2.45. The molecule has 3 nitrogen and oxygen atoms in total. The second-order valence-corrected chi connectivity index (χ2v) is 21.9. The fourth-order valence-electron chi connectivity index (χ4n) is 10.1. The predicted molar refractivity (Wildman–Crippen MR) is 268 cm³/mol. The van der Waals surface area contributed by atoms with Crippen molar-refractivity contribution >= 4 is 79.2 Å². The lowest BCUT2D eigenvalue weighted by atomic mass is 9.33. The SMILES string of the molecule is CC(C)(C)c1ccc(N2c3ccc(C(C)(C)C)cc3B3c4cc(C(C)(C)C)c(C(C)(C)C)cc4N(c4ccc(-c5ccc6oc7ccccc7c6c5)cc4)c4cccc2c43)cc1. The van der Waals surface area contributed by atoms with Crippen molar-refractivity contribution in [3.05, 3.63) is 162 Å². The minimum absolute atomic E-state index is 0.0127. The zero-order valence-corrected chi connectivity index (χ0v) is 38.7. The summed E-state index contributed by atoms with van der Waals surface area (Å²) in [5.74, 6) is 0. The van der Waals surface area contributed by atoms with Crippen molar-refractivity contribution in [2.45, 2.75) is 105 Å². The molecule has 0 bridgehead atoms. The Bertz CT molecular complexity index is 3050. The molecule has 8 aromatic rings. The van der Waals surface area contributed by atoms with Gasteiger partial charge in [-0.3, -0.25) is 0 Å². The van der Waals surface area contributed by atoms with Crippen molar-refractivity contribution in [3.8, 4) is 11.1 Å². The van der Waals surface area contributed by atoms with E-state index in [1.165, 1.54) is 78.2 Å². The Hall–Kier alpha value is -6.00. The van der Waals surface area contributed by atoms with E-state index in [1.807, 2.05) is 12.1 Å². The minimum atomic E-state index is -0.0644. The average Bonchev–Trinajstić information content (AvgIpc) is 3.60. The molecule has 0 saturated heterocycles. The monoisotopic (exact) mass is 810 g/mol. The molecule has 310 valence electrons. The molecule has 0 aliphatic carbocycles. The summed E-state index contributed by atoms with van der Waals surface area (Å²) in [4.78, 5) is 5.09. The van der Waals surface area contributed by atoms with E-state index >= 15 is 0 Å². The predicted octanol–water partition coefficient (Wildman–Crippen LogP) is 14.5. The third-order valence-electron chi connectivity index (χ3n) is 13.4. The molecule has 62 heavy (non-hydrogen) atoms. The first-order valence-electron chi connectivity index (χ1n) is 22.5. The summed E-state index contributed by atoms with van der Waals surface area (Å²) in [6.07, 6.45) is 0. The van der Waals surface area contributed by atoms with Gasteiger partial charge in [-0.2, -0.15) is 0 Å². The number of rotatable bonds is 3. The number of nitrogens with zero attached hydrogens (tertiary/aromatic N) is 2. The topological polar surface area (TPSA) is 19.6 Å². The van der Waals surface area contributed by atoms with Crippen LogP contribution in [-0.2, 0) is 21.7 Å². The summed E-state index contributed by atoms with van der Waals surface area (Å²) in [6, 6.07) is 52.8. The minimum Gasteiger partial charge on any atom is -0.456 e. The van der Waals surface area contributed by atoms with E-state index in [9.17, 15) is 0 Å². The average molecular weight is 811 g/mol. The van der Waals surface area contributed by atoms with Gasteiger partial charge in [0.15, 0.2) is 0 Å². The van der Waals surface area contributed by atoms with Crippen LogP contribution in [0.15, 0.2) is 144 Å². The van der Waals surface area contributed by atoms with E-state index < -0.39 is 0 Å². The van der Waals surface area contributed by atoms with Crippen LogP contribution in [0.25, 0.3) is 33.1 Å². The normalized spacial score (nSPS) is 14.0. The molecule has 0 unspecified atom stereocenters. The van der Waals surface area contributed by atoms with Crippen LogP contribution in [0.1, 0.15) is 105 Å². The summed E-state index contributed by atoms with van der Waals surface area (Å²) in [5, 5.41) is 2.29.